The lowest BCUT2D eigenvalue weighted by molar-refractivity contribution is -0.384. The van der Waals surface area contributed by atoms with Crippen LogP contribution in [0, 0.1) is 10.1 Å². The minimum atomic E-state index is -0.431. The fourth-order valence-corrected chi connectivity index (χ4v) is 3.65. The highest BCUT2D eigenvalue weighted by molar-refractivity contribution is 9.10. The van der Waals surface area contributed by atoms with Gasteiger partial charge < -0.3 is 0 Å². The molecule has 0 unspecified atom stereocenters. The molecule has 0 saturated carbocycles. The number of benzene rings is 3. The zero-order chi connectivity index (χ0) is 21.4. The number of rotatable bonds is 4. The number of nitro groups is 1. The van der Waals surface area contributed by atoms with E-state index in [1.54, 1.807) is 12.1 Å². The van der Waals surface area contributed by atoms with Crippen LogP contribution in [0.5, 0.6) is 0 Å². The van der Waals surface area contributed by atoms with Gasteiger partial charge in [-0.2, -0.15) is 5.10 Å². The number of nitro benzene ring substituents is 1. The van der Waals surface area contributed by atoms with Gasteiger partial charge in [-0.05, 0) is 36.4 Å². The first-order valence-corrected chi connectivity index (χ1v) is 10.2. The summed E-state index contributed by atoms with van der Waals surface area (Å²) in [7, 11) is 0. The van der Waals surface area contributed by atoms with E-state index in [-0.39, 0.29) is 5.69 Å². The van der Waals surface area contributed by atoms with Gasteiger partial charge in [-0.3, -0.25) is 15.2 Å². The highest BCUT2D eigenvalue weighted by Gasteiger charge is 2.14. The molecule has 2 heterocycles. The molecule has 0 bridgehead atoms. The zero-order valence-corrected chi connectivity index (χ0v) is 17.6. The monoisotopic (exact) mass is 471 g/mol. The number of aromatic nitrogens is 4. The number of non-ortho nitro benzene ring substituents is 1. The van der Waals surface area contributed by atoms with Crippen molar-refractivity contribution in [2.45, 2.75) is 0 Å². The third kappa shape index (κ3) is 3.69. The second-order valence-electron chi connectivity index (χ2n) is 6.89. The van der Waals surface area contributed by atoms with Crippen molar-refractivity contribution in [2.24, 2.45) is 0 Å². The molecule has 8 heteroatoms. The molecule has 5 rings (SSSR count). The summed E-state index contributed by atoms with van der Waals surface area (Å²) < 4.78 is 1.00. The number of H-pyrrole nitrogens is 1. The second-order valence-corrected chi connectivity index (χ2v) is 7.81. The van der Waals surface area contributed by atoms with Crippen LogP contribution in [-0.4, -0.2) is 25.1 Å². The largest absolute Gasteiger partial charge is 0.269 e. The first-order chi connectivity index (χ1) is 15.1. The van der Waals surface area contributed by atoms with E-state index < -0.39 is 4.92 Å². The van der Waals surface area contributed by atoms with E-state index in [2.05, 4.69) is 31.1 Å². The van der Waals surface area contributed by atoms with Gasteiger partial charge >= 0.3 is 0 Å². The molecule has 1 N–H and O–H groups in total. The summed E-state index contributed by atoms with van der Waals surface area (Å²) in [4.78, 5) is 19.9. The van der Waals surface area contributed by atoms with Crippen molar-refractivity contribution in [3.63, 3.8) is 0 Å². The Labute approximate surface area is 185 Å². The van der Waals surface area contributed by atoms with E-state index in [4.69, 9.17) is 4.98 Å². The summed E-state index contributed by atoms with van der Waals surface area (Å²) in [6.45, 7) is 0. The van der Waals surface area contributed by atoms with E-state index in [1.807, 2.05) is 54.6 Å². The fraction of sp³-hybridized carbons (Fsp3) is 0. The Morgan fingerprint density at radius 1 is 0.871 bits per heavy atom. The molecule has 5 aromatic rings. The molecule has 150 valence electrons. The fourth-order valence-electron chi connectivity index (χ4n) is 3.38. The summed E-state index contributed by atoms with van der Waals surface area (Å²) in [5.74, 6) is 1.07. The number of hydrogen-bond acceptors (Lipinski definition) is 5. The molecule has 0 amide bonds. The number of nitrogens with one attached hydrogen (secondary N) is 1. The first-order valence-electron chi connectivity index (χ1n) is 9.42. The second kappa shape index (κ2) is 7.73. The van der Waals surface area contributed by atoms with Crippen molar-refractivity contribution in [3.05, 3.63) is 93.4 Å². The van der Waals surface area contributed by atoms with Gasteiger partial charge in [0.1, 0.15) is 0 Å². The summed E-state index contributed by atoms with van der Waals surface area (Å²) in [5, 5.41) is 19.2. The summed E-state index contributed by atoms with van der Waals surface area (Å²) in [5.41, 5.74) is 4.27. The number of nitrogens with zero attached hydrogens (tertiary/aromatic N) is 4. The highest BCUT2D eigenvalue weighted by atomic mass is 79.9. The maximum Gasteiger partial charge on any atom is 0.269 e. The van der Waals surface area contributed by atoms with Crippen LogP contribution in [0.2, 0.25) is 0 Å². The number of para-hydroxylation sites is 1. The Hall–Kier alpha value is -3.91. The quantitative estimate of drug-likeness (QED) is 0.255. The molecule has 0 saturated heterocycles. The predicted octanol–water partition coefficient (Wildman–Crippen LogP) is 6.02. The number of halogens is 1. The summed E-state index contributed by atoms with van der Waals surface area (Å²) in [6.07, 6.45) is 0. The van der Waals surface area contributed by atoms with Gasteiger partial charge in [-0.1, -0.05) is 46.3 Å². The standard InChI is InChI=1S/C23H14BrN5O2/c24-16-9-5-14(6-10-16)21-13-19(18-3-1-2-4-20(18)25-21)23-26-22(27-28-23)15-7-11-17(12-8-15)29(30)31/h1-13H,(H,26,27,28). The predicted molar refractivity (Wildman–Crippen MR) is 122 cm³/mol. The van der Waals surface area contributed by atoms with Crippen molar-refractivity contribution in [3.8, 4) is 34.0 Å². The average Bonchev–Trinajstić information content (AvgIpc) is 3.29. The lowest BCUT2D eigenvalue weighted by Crippen LogP contribution is -1.91. The van der Waals surface area contributed by atoms with Crippen molar-refractivity contribution in [1.29, 1.82) is 0 Å². The van der Waals surface area contributed by atoms with Gasteiger partial charge in [-0.15, -0.1) is 0 Å². The van der Waals surface area contributed by atoms with Gasteiger partial charge in [0.15, 0.2) is 11.6 Å². The first kappa shape index (κ1) is 19.1. The van der Waals surface area contributed by atoms with Crippen LogP contribution < -0.4 is 0 Å². The van der Waals surface area contributed by atoms with Gasteiger partial charge in [0, 0.05) is 38.7 Å². The van der Waals surface area contributed by atoms with Crippen LogP contribution in [0.15, 0.2) is 83.3 Å². The Kier molecular flexibility index (Phi) is 4.76. The normalized spacial score (nSPS) is 11.0. The number of hydrogen-bond donors (Lipinski definition) is 1. The molecule has 7 nitrogen and oxygen atoms in total. The zero-order valence-electron chi connectivity index (χ0n) is 16.0. The van der Waals surface area contributed by atoms with Crippen LogP contribution >= 0.6 is 15.9 Å². The van der Waals surface area contributed by atoms with Gasteiger partial charge in [0.25, 0.3) is 5.69 Å². The lowest BCUT2D eigenvalue weighted by Gasteiger charge is -2.08. The minimum absolute atomic E-state index is 0.0266. The van der Waals surface area contributed by atoms with Crippen molar-refractivity contribution >= 4 is 32.5 Å². The Balaban J connectivity index is 1.61. The molecular formula is C23H14BrN5O2. The number of fused-ring (bicyclic) bond motifs is 1. The maximum absolute atomic E-state index is 10.9. The highest BCUT2D eigenvalue weighted by Crippen LogP contribution is 2.31. The lowest BCUT2D eigenvalue weighted by atomic mass is 10.0. The smallest absolute Gasteiger partial charge is 0.259 e. The molecule has 2 aromatic heterocycles. The van der Waals surface area contributed by atoms with Gasteiger partial charge in [-0.25, -0.2) is 9.97 Å². The minimum Gasteiger partial charge on any atom is -0.259 e. The molecule has 0 spiro atoms. The number of aromatic amines is 1. The Bertz CT molecular complexity index is 1410. The van der Waals surface area contributed by atoms with Crippen LogP contribution in [-0.2, 0) is 0 Å². The topological polar surface area (TPSA) is 97.6 Å². The van der Waals surface area contributed by atoms with Crippen molar-refractivity contribution in [2.75, 3.05) is 0 Å². The Morgan fingerprint density at radius 2 is 1.58 bits per heavy atom. The van der Waals surface area contributed by atoms with Gasteiger partial charge in [0.05, 0.1) is 16.1 Å². The molecule has 0 radical (unpaired) electrons. The molecule has 0 fully saturated rings. The molecule has 3 aromatic carbocycles. The summed E-state index contributed by atoms with van der Waals surface area (Å²) >= 11 is 3.47. The molecule has 0 aliphatic carbocycles. The maximum atomic E-state index is 10.9. The number of pyridine rings is 1. The van der Waals surface area contributed by atoms with Crippen LogP contribution in [0.1, 0.15) is 0 Å². The van der Waals surface area contributed by atoms with Crippen LogP contribution in [0.4, 0.5) is 5.69 Å². The van der Waals surface area contributed by atoms with E-state index >= 15 is 0 Å². The van der Waals surface area contributed by atoms with E-state index in [0.717, 1.165) is 32.2 Å². The van der Waals surface area contributed by atoms with E-state index in [1.165, 1.54) is 12.1 Å². The third-order valence-electron chi connectivity index (χ3n) is 4.93. The molecular weight excluding hydrogens is 458 g/mol. The third-order valence-corrected chi connectivity index (χ3v) is 5.46. The molecule has 0 aliphatic rings. The van der Waals surface area contributed by atoms with E-state index in [0.29, 0.717) is 17.2 Å². The van der Waals surface area contributed by atoms with Crippen molar-refractivity contribution < 1.29 is 4.92 Å². The molecule has 31 heavy (non-hydrogen) atoms. The van der Waals surface area contributed by atoms with Gasteiger partial charge in [0.2, 0.25) is 0 Å². The SMILES string of the molecule is O=[N+]([O-])c1ccc(-c2n[nH]c(-c3cc(-c4ccc(Br)cc4)nc4ccccc34)n2)cc1. The van der Waals surface area contributed by atoms with Crippen LogP contribution in [0.25, 0.3) is 44.9 Å². The molecule has 0 aliphatic heterocycles. The Morgan fingerprint density at radius 3 is 2.32 bits per heavy atom. The van der Waals surface area contributed by atoms with E-state index in [9.17, 15) is 10.1 Å². The average molecular weight is 472 g/mol. The molecule has 0 atom stereocenters. The van der Waals surface area contributed by atoms with Crippen LogP contribution in [0.3, 0.4) is 0 Å². The van der Waals surface area contributed by atoms with Crippen molar-refractivity contribution in [1.82, 2.24) is 20.2 Å². The summed E-state index contributed by atoms with van der Waals surface area (Å²) in [6, 6.07) is 24.0.